The van der Waals surface area contributed by atoms with Gasteiger partial charge in [-0.2, -0.15) is 0 Å². The molecule has 0 spiro atoms. The van der Waals surface area contributed by atoms with Gasteiger partial charge in [-0.3, -0.25) is 4.99 Å². The van der Waals surface area contributed by atoms with Gasteiger partial charge in [0, 0.05) is 12.8 Å². The highest BCUT2D eigenvalue weighted by Gasteiger charge is 1.96. The van der Waals surface area contributed by atoms with Crippen molar-refractivity contribution in [2.24, 2.45) is 10.9 Å². The van der Waals surface area contributed by atoms with E-state index < -0.39 is 0 Å². The summed E-state index contributed by atoms with van der Waals surface area (Å²) < 4.78 is 0. The summed E-state index contributed by atoms with van der Waals surface area (Å²) in [5, 5.41) is 0. The standard InChI is InChI=1S/C9H13N/c1-5-6-7-9(10-4)8(2)3/h1,6-8H,2-4H3/b7-6-,10-9+. The minimum absolute atomic E-state index is 0.453. The van der Waals surface area contributed by atoms with E-state index in [1.807, 2.05) is 6.08 Å². The monoisotopic (exact) mass is 135 g/mol. The second-order valence-corrected chi connectivity index (χ2v) is 2.30. The van der Waals surface area contributed by atoms with Crippen LogP contribution in [0.5, 0.6) is 0 Å². The molecule has 54 valence electrons. The average molecular weight is 135 g/mol. The Morgan fingerprint density at radius 2 is 2.20 bits per heavy atom. The van der Waals surface area contributed by atoms with Crippen molar-refractivity contribution in [3.8, 4) is 12.3 Å². The van der Waals surface area contributed by atoms with Gasteiger partial charge in [-0.05, 0) is 18.1 Å². The number of terminal acetylenes is 1. The van der Waals surface area contributed by atoms with Gasteiger partial charge in [0.25, 0.3) is 0 Å². The van der Waals surface area contributed by atoms with E-state index in [0.717, 1.165) is 5.71 Å². The number of hydrogen-bond acceptors (Lipinski definition) is 1. The van der Waals surface area contributed by atoms with Crippen LogP contribution in [0.1, 0.15) is 13.8 Å². The van der Waals surface area contributed by atoms with Crippen molar-refractivity contribution < 1.29 is 0 Å². The molecular weight excluding hydrogens is 122 g/mol. The molecule has 0 heterocycles. The Hall–Kier alpha value is -1.03. The van der Waals surface area contributed by atoms with Gasteiger partial charge < -0.3 is 0 Å². The van der Waals surface area contributed by atoms with Crippen LogP contribution in [-0.2, 0) is 0 Å². The summed E-state index contributed by atoms with van der Waals surface area (Å²) in [6.45, 7) is 4.17. The van der Waals surface area contributed by atoms with Crippen LogP contribution in [0.4, 0.5) is 0 Å². The maximum Gasteiger partial charge on any atom is 0.0376 e. The normalized spacial score (nSPS) is 12.5. The molecule has 0 radical (unpaired) electrons. The van der Waals surface area contributed by atoms with Crippen LogP contribution < -0.4 is 0 Å². The lowest BCUT2D eigenvalue weighted by Gasteiger charge is -2.01. The first-order valence-electron chi connectivity index (χ1n) is 3.31. The predicted octanol–water partition coefficient (Wildman–Crippen LogP) is 1.90. The quantitative estimate of drug-likeness (QED) is 0.405. The zero-order chi connectivity index (χ0) is 7.98. The van der Waals surface area contributed by atoms with Gasteiger partial charge in [0.1, 0.15) is 0 Å². The zero-order valence-electron chi connectivity index (χ0n) is 6.76. The molecule has 0 amide bonds. The van der Waals surface area contributed by atoms with Gasteiger partial charge in [0.05, 0.1) is 0 Å². The van der Waals surface area contributed by atoms with Gasteiger partial charge in [-0.15, -0.1) is 6.42 Å². The molecule has 0 unspecified atom stereocenters. The zero-order valence-corrected chi connectivity index (χ0v) is 6.76. The van der Waals surface area contributed by atoms with Crippen LogP contribution in [0.25, 0.3) is 0 Å². The number of nitrogens with zero attached hydrogens (tertiary/aromatic N) is 1. The lowest BCUT2D eigenvalue weighted by molar-refractivity contribution is 0.886. The van der Waals surface area contributed by atoms with E-state index in [2.05, 4.69) is 24.8 Å². The van der Waals surface area contributed by atoms with Crippen LogP contribution >= 0.6 is 0 Å². The summed E-state index contributed by atoms with van der Waals surface area (Å²) in [5.41, 5.74) is 1.04. The summed E-state index contributed by atoms with van der Waals surface area (Å²) in [6.07, 6.45) is 8.57. The number of hydrogen-bond donors (Lipinski definition) is 0. The van der Waals surface area contributed by atoms with E-state index >= 15 is 0 Å². The lowest BCUT2D eigenvalue weighted by Crippen LogP contribution is -2.02. The van der Waals surface area contributed by atoms with Crippen molar-refractivity contribution in [2.45, 2.75) is 13.8 Å². The summed E-state index contributed by atoms with van der Waals surface area (Å²) in [5.74, 6) is 2.88. The van der Waals surface area contributed by atoms with Crippen molar-refractivity contribution in [3.05, 3.63) is 12.2 Å². The molecule has 0 aliphatic rings. The van der Waals surface area contributed by atoms with Gasteiger partial charge >= 0.3 is 0 Å². The Bertz CT molecular complexity index is 179. The Kier molecular flexibility index (Phi) is 4.32. The number of rotatable bonds is 2. The van der Waals surface area contributed by atoms with E-state index in [1.165, 1.54) is 0 Å². The van der Waals surface area contributed by atoms with Crippen molar-refractivity contribution in [2.75, 3.05) is 7.05 Å². The molecule has 0 atom stereocenters. The highest BCUT2D eigenvalue weighted by molar-refractivity contribution is 5.96. The molecule has 1 nitrogen and oxygen atoms in total. The molecule has 0 saturated carbocycles. The molecule has 0 bridgehead atoms. The Morgan fingerprint density at radius 3 is 2.50 bits per heavy atom. The van der Waals surface area contributed by atoms with E-state index in [1.54, 1.807) is 13.1 Å². The second kappa shape index (κ2) is 4.81. The molecule has 0 aliphatic carbocycles. The van der Waals surface area contributed by atoms with Crippen molar-refractivity contribution in [1.82, 2.24) is 0 Å². The first kappa shape index (κ1) is 8.97. The van der Waals surface area contributed by atoms with Crippen molar-refractivity contribution in [1.29, 1.82) is 0 Å². The maximum atomic E-state index is 5.04. The SMILES string of the molecule is C#C/C=C\C(=N/C)C(C)C. The van der Waals surface area contributed by atoms with E-state index in [4.69, 9.17) is 6.42 Å². The van der Waals surface area contributed by atoms with Crippen LogP contribution in [0.3, 0.4) is 0 Å². The molecule has 0 fully saturated rings. The van der Waals surface area contributed by atoms with Gasteiger partial charge in [0.15, 0.2) is 0 Å². The Balaban J connectivity index is 4.15. The molecule has 0 saturated heterocycles. The number of allylic oxidation sites excluding steroid dienone is 2. The molecule has 10 heavy (non-hydrogen) atoms. The largest absolute Gasteiger partial charge is 0.293 e. The third-order valence-electron chi connectivity index (χ3n) is 1.20. The fourth-order valence-corrected chi connectivity index (χ4v) is 0.659. The average Bonchev–Trinajstić information content (AvgIpc) is 1.89. The third-order valence-corrected chi connectivity index (χ3v) is 1.20. The fraction of sp³-hybridized carbons (Fsp3) is 0.444. The van der Waals surface area contributed by atoms with Gasteiger partial charge in [0.2, 0.25) is 0 Å². The summed E-state index contributed by atoms with van der Waals surface area (Å²) in [4.78, 5) is 4.06. The lowest BCUT2D eigenvalue weighted by atomic mass is 10.1. The molecule has 0 aliphatic heterocycles. The highest BCUT2D eigenvalue weighted by Crippen LogP contribution is 1.97. The summed E-state index contributed by atoms with van der Waals surface area (Å²) >= 11 is 0. The Labute approximate surface area is 62.9 Å². The van der Waals surface area contributed by atoms with E-state index in [-0.39, 0.29) is 0 Å². The number of aliphatic imine (C=N–C) groups is 1. The first-order valence-corrected chi connectivity index (χ1v) is 3.31. The fourth-order valence-electron chi connectivity index (χ4n) is 0.659. The smallest absolute Gasteiger partial charge is 0.0376 e. The van der Waals surface area contributed by atoms with Gasteiger partial charge in [-0.25, -0.2) is 0 Å². The molecule has 0 N–H and O–H groups in total. The second-order valence-electron chi connectivity index (χ2n) is 2.30. The highest BCUT2D eigenvalue weighted by atomic mass is 14.7. The topological polar surface area (TPSA) is 12.4 Å². The molecular formula is C9H13N. The summed E-state index contributed by atoms with van der Waals surface area (Å²) in [7, 11) is 1.77. The van der Waals surface area contributed by atoms with Crippen molar-refractivity contribution in [3.63, 3.8) is 0 Å². The molecule has 0 aromatic carbocycles. The van der Waals surface area contributed by atoms with E-state index in [9.17, 15) is 0 Å². The molecule has 0 aromatic rings. The van der Waals surface area contributed by atoms with Crippen LogP contribution in [-0.4, -0.2) is 12.8 Å². The predicted molar refractivity (Wildman–Crippen MR) is 46.2 cm³/mol. The minimum atomic E-state index is 0.453. The minimum Gasteiger partial charge on any atom is -0.293 e. The maximum absolute atomic E-state index is 5.04. The van der Waals surface area contributed by atoms with Crippen LogP contribution in [0.2, 0.25) is 0 Å². The first-order chi connectivity index (χ1) is 4.72. The Morgan fingerprint density at radius 1 is 1.60 bits per heavy atom. The van der Waals surface area contributed by atoms with Gasteiger partial charge in [-0.1, -0.05) is 19.8 Å². The van der Waals surface area contributed by atoms with Crippen LogP contribution in [0, 0.1) is 18.3 Å². The summed E-state index contributed by atoms with van der Waals surface area (Å²) in [6, 6.07) is 0. The molecule has 0 rings (SSSR count). The third kappa shape index (κ3) is 3.09. The molecule has 1 heteroatoms. The van der Waals surface area contributed by atoms with Crippen molar-refractivity contribution >= 4 is 5.71 Å². The molecule has 0 aromatic heterocycles. The van der Waals surface area contributed by atoms with Crippen LogP contribution in [0.15, 0.2) is 17.1 Å². The van der Waals surface area contributed by atoms with E-state index in [0.29, 0.717) is 5.92 Å².